The van der Waals surface area contributed by atoms with Gasteiger partial charge < -0.3 is 10.3 Å². The van der Waals surface area contributed by atoms with Crippen molar-refractivity contribution in [2.24, 2.45) is 0 Å². The lowest BCUT2D eigenvalue weighted by Crippen LogP contribution is -2.37. The van der Waals surface area contributed by atoms with E-state index in [4.69, 9.17) is 0 Å². The van der Waals surface area contributed by atoms with Gasteiger partial charge in [0.05, 0.1) is 6.04 Å². The van der Waals surface area contributed by atoms with Gasteiger partial charge in [-0.05, 0) is 42.7 Å². The van der Waals surface area contributed by atoms with Crippen LogP contribution in [-0.2, 0) is 6.42 Å². The van der Waals surface area contributed by atoms with Crippen molar-refractivity contribution in [3.05, 3.63) is 71.2 Å². The summed E-state index contributed by atoms with van der Waals surface area (Å²) in [5.74, 6) is -0.190. The zero-order chi connectivity index (χ0) is 14.4. The molecule has 3 heteroatoms. The van der Waals surface area contributed by atoms with E-state index in [1.807, 2.05) is 12.1 Å². The highest BCUT2D eigenvalue weighted by Gasteiger charge is 2.28. The molecule has 2 nitrogen and oxygen atoms in total. The van der Waals surface area contributed by atoms with Crippen LogP contribution in [-0.4, -0.2) is 11.0 Å². The fourth-order valence-corrected chi connectivity index (χ4v) is 3.37. The van der Waals surface area contributed by atoms with Crippen LogP contribution in [0.1, 0.15) is 29.8 Å². The average Bonchev–Trinajstić information content (AvgIpc) is 2.85. The van der Waals surface area contributed by atoms with E-state index < -0.39 is 0 Å². The summed E-state index contributed by atoms with van der Waals surface area (Å²) in [6.07, 6.45) is 0.991. The second-order valence-corrected chi connectivity index (χ2v) is 5.82. The molecule has 3 aromatic rings. The Morgan fingerprint density at radius 2 is 1.95 bits per heavy atom. The van der Waals surface area contributed by atoms with Gasteiger partial charge in [0.1, 0.15) is 5.82 Å². The molecular formula is C18H17FN2. The molecule has 0 spiro atoms. The predicted molar refractivity (Wildman–Crippen MR) is 82.8 cm³/mol. The number of aromatic nitrogens is 1. The molecule has 21 heavy (non-hydrogen) atoms. The molecule has 2 aromatic carbocycles. The van der Waals surface area contributed by atoms with Crippen molar-refractivity contribution in [2.45, 2.75) is 25.4 Å². The Hall–Kier alpha value is -2.13. The van der Waals surface area contributed by atoms with Crippen LogP contribution < -0.4 is 5.32 Å². The number of nitrogens with one attached hydrogen (secondary N) is 2. The number of para-hydroxylation sites is 1. The van der Waals surface area contributed by atoms with E-state index in [2.05, 4.69) is 35.4 Å². The number of hydrogen-bond donors (Lipinski definition) is 2. The number of H-pyrrole nitrogens is 1. The molecule has 0 bridgehead atoms. The van der Waals surface area contributed by atoms with Crippen LogP contribution >= 0.6 is 0 Å². The zero-order valence-electron chi connectivity index (χ0n) is 11.9. The van der Waals surface area contributed by atoms with Gasteiger partial charge in [-0.1, -0.05) is 30.3 Å². The quantitative estimate of drug-likeness (QED) is 0.694. The minimum absolute atomic E-state index is 0.0202. The van der Waals surface area contributed by atoms with Gasteiger partial charge >= 0.3 is 0 Å². The van der Waals surface area contributed by atoms with Gasteiger partial charge in [-0.25, -0.2) is 4.39 Å². The Kier molecular flexibility index (Phi) is 2.82. The zero-order valence-corrected chi connectivity index (χ0v) is 11.9. The Balaban J connectivity index is 1.91. The van der Waals surface area contributed by atoms with E-state index in [1.54, 1.807) is 12.1 Å². The van der Waals surface area contributed by atoms with Gasteiger partial charge in [0.25, 0.3) is 0 Å². The van der Waals surface area contributed by atoms with E-state index >= 15 is 0 Å². The van der Waals surface area contributed by atoms with Crippen molar-refractivity contribution in [3.63, 3.8) is 0 Å². The molecule has 2 atom stereocenters. The monoisotopic (exact) mass is 280 g/mol. The highest BCUT2D eigenvalue weighted by molar-refractivity contribution is 5.85. The lowest BCUT2D eigenvalue weighted by atomic mass is 9.91. The molecule has 1 aliphatic rings. The topological polar surface area (TPSA) is 27.8 Å². The first-order valence-corrected chi connectivity index (χ1v) is 7.33. The Bertz CT molecular complexity index is 806. The van der Waals surface area contributed by atoms with E-state index in [0.29, 0.717) is 6.04 Å². The molecule has 0 fully saturated rings. The van der Waals surface area contributed by atoms with Gasteiger partial charge in [0.2, 0.25) is 0 Å². The number of hydrogen-bond acceptors (Lipinski definition) is 1. The number of halogens is 1. The molecule has 1 aromatic heterocycles. The van der Waals surface area contributed by atoms with Crippen LogP contribution in [0.3, 0.4) is 0 Å². The van der Waals surface area contributed by atoms with Crippen LogP contribution in [0.4, 0.5) is 4.39 Å². The molecule has 0 aliphatic carbocycles. The van der Waals surface area contributed by atoms with Crippen LogP contribution in [0.15, 0.2) is 48.5 Å². The molecular weight excluding hydrogens is 263 g/mol. The van der Waals surface area contributed by atoms with Gasteiger partial charge in [-0.3, -0.25) is 0 Å². The van der Waals surface area contributed by atoms with Crippen molar-refractivity contribution in [1.29, 1.82) is 0 Å². The lowest BCUT2D eigenvalue weighted by Gasteiger charge is -2.29. The number of rotatable bonds is 1. The Labute approximate surface area is 123 Å². The first-order valence-electron chi connectivity index (χ1n) is 7.33. The summed E-state index contributed by atoms with van der Waals surface area (Å²) in [7, 11) is 0. The third-order valence-corrected chi connectivity index (χ3v) is 4.28. The third-order valence-electron chi connectivity index (χ3n) is 4.28. The summed E-state index contributed by atoms with van der Waals surface area (Å²) in [5.41, 5.74) is 4.64. The fraction of sp³-hybridized carbons (Fsp3) is 0.222. The number of fused-ring (bicyclic) bond motifs is 3. The van der Waals surface area contributed by atoms with Crippen LogP contribution in [0, 0.1) is 5.82 Å². The summed E-state index contributed by atoms with van der Waals surface area (Å²) < 4.78 is 13.6. The summed E-state index contributed by atoms with van der Waals surface area (Å²) in [6, 6.07) is 15.6. The number of aromatic amines is 1. The molecule has 1 aliphatic heterocycles. The molecule has 0 saturated carbocycles. The van der Waals surface area contributed by atoms with Gasteiger partial charge in [0, 0.05) is 22.6 Å². The third kappa shape index (κ3) is 2.05. The summed E-state index contributed by atoms with van der Waals surface area (Å²) >= 11 is 0. The first kappa shape index (κ1) is 12.6. The molecule has 4 rings (SSSR count). The maximum Gasteiger partial charge on any atom is 0.123 e. The van der Waals surface area contributed by atoms with Crippen LogP contribution in [0.2, 0.25) is 0 Å². The highest BCUT2D eigenvalue weighted by Crippen LogP contribution is 2.35. The summed E-state index contributed by atoms with van der Waals surface area (Å²) in [5, 5.41) is 4.86. The fourth-order valence-electron chi connectivity index (χ4n) is 3.37. The normalized spacial score (nSPS) is 21.4. The molecule has 106 valence electrons. The van der Waals surface area contributed by atoms with Crippen molar-refractivity contribution < 1.29 is 4.39 Å². The Morgan fingerprint density at radius 1 is 1.10 bits per heavy atom. The maximum atomic E-state index is 13.6. The molecule has 2 N–H and O–H groups in total. The van der Waals surface area contributed by atoms with Crippen LogP contribution in [0.5, 0.6) is 0 Å². The standard InChI is InChI=1S/C18H17FN2/c1-11-9-15-14-7-2-3-8-16(14)21-18(15)17(20-11)12-5-4-6-13(19)10-12/h2-8,10-11,17,20-21H,9H2,1H3. The van der Waals surface area contributed by atoms with Gasteiger partial charge in [-0.2, -0.15) is 0 Å². The molecule has 0 saturated heterocycles. The molecule has 0 radical (unpaired) electrons. The highest BCUT2D eigenvalue weighted by atomic mass is 19.1. The first-order chi connectivity index (χ1) is 10.2. The lowest BCUT2D eigenvalue weighted by molar-refractivity contribution is 0.458. The second-order valence-electron chi connectivity index (χ2n) is 5.82. The van der Waals surface area contributed by atoms with E-state index in [1.165, 1.54) is 22.7 Å². The van der Waals surface area contributed by atoms with Crippen molar-refractivity contribution >= 4 is 10.9 Å². The average molecular weight is 280 g/mol. The SMILES string of the molecule is CC1Cc2c([nH]c3ccccc23)C(c2cccc(F)c2)N1. The Morgan fingerprint density at radius 3 is 2.81 bits per heavy atom. The predicted octanol–water partition coefficient (Wildman–Crippen LogP) is 3.93. The van der Waals surface area contributed by atoms with Crippen molar-refractivity contribution in [2.75, 3.05) is 0 Å². The van der Waals surface area contributed by atoms with Crippen molar-refractivity contribution in [1.82, 2.24) is 10.3 Å². The van der Waals surface area contributed by atoms with E-state index in [-0.39, 0.29) is 11.9 Å². The molecule has 2 heterocycles. The maximum absolute atomic E-state index is 13.6. The summed E-state index contributed by atoms with van der Waals surface area (Å²) in [4.78, 5) is 3.52. The minimum Gasteiger partial charge on any atom is -0.357 e. The molecule has 2 unspecified atom stereocenters. The molecule has 0 amide bonds. The van der Waals surface area contributed by atoms with Gasteiger partial charge in [0.15, 0.2) is 0 Å². The smallest absolute Gasteiger partial charge is 0.123 e. The van der Waals surface area contributed by atoms with Gasteiger partial charge in [-0.15, -0.1) is 0 Å². The minimum atomic E-state index is -0.190. The number of benzene rings is 2. The van der Waals surface area contributed by atoms with E-state index in [0.717, 1.165) is 17.5 Å². The summed E-state index contributed by atoms with van der Waals surface area (Å²) in [6.45, 7) is 2.18. The second kappa shape index (κ2) is 4.71. The van der Waals surface area contributed by atoms with E-state index in [9.17, 15) is 4.39 Å². The largest absolute Gasteiger partial charge is 0.357 e. The van der Waals surface area contributed by atoms with Crippen molar-refractivity contribution in [3.8, 4) is 0 Å². The van der Waals surface area contributed by atoms with Crippen LogP contribution in [0.25, 0.3) is 10.9 Å².